The van der Waals surface area contributed by atoms with E-state index in [1.54, 1.807) is 0 Å². The molecule has 2 rings (SSSR count). The SMILES string of the molecule is COC(=O)CC(=O)N1CCCC1C1CCCCO1. The Kier molecular flexibility index (Phi) is 4.58. The third-order valence-electron chi connectivity index (χ3n) is 3.79. The number of amides is 1. The topological polar surface area (TPSA) is 55.8 Å². The van der Waals surface area contributed by atoms with Gasteiger partial charge >= 0.3 is 5.97 Å². The van der Waals surface area contributed by atoms with Crippen molar-refractivity contribution in [1.29, 1.82) is 0 Å². The summed E-state index contributed by atoms with van der Waals surface area (Å²) in [4.78, 5) is 25.0. The highest BCUT2D eigenvalue weighted by molar-refractivity contribution is 5.94. The molecule has 5 nitrogen and oxygen atoms in total. The lowest BCUT2D eigenvalue weighted by Crippen LogP contribution is -2.45. The van der Waals surface area contributed by atoms with Crippen LogP contribution in [0.5, 0.6) is 0 Å². The zero-order chi connectivity index (χ0) is 13.0. The number of hydrogen-bond donors (Lipinski definition) is 0. The van der Waals surface area contributed by atoms with Crippen molar-refractivity contribution in [2.45, 2.75) is 50.7 Å². The van der Waals surface area contributed by atoms with Crippen LogP contribution in [0.25, 0.3) is 0 Å². The highest BCUT2D eigenvalue weighted by atomic mass is 16.5. The molecule has 5 heteroatoms. The Morgan fingerprint density at radius 2 is 2.11 bits per heavy atom. The van der Waals surface area contributed by atoms with Crippen molar-refractivity contribution in [3.05, 3.63) is 0 Å². The van der Waals surface area contributed by atoms with Gasteiger partial charge < -0.3 is 14.4 Å². The lowest BCUT2D eigenvalue weighted by Gasteiger charge is -2.33. The molecule has 0 N–H and O–H groups in total. The van der Waals surface area contributed by atoms with E-state index in [4.69, 9.17) is 4.74 Å². The Hall–Kier alpha value is -1.10. The van der Waals surface area contributed by atoms with E-state index < -0.39 is 5.97 Å². The molecule has 2 saturated heterocycles. The zero-order valence-corrected chi connectivity index (χ0v) is 10.9. The first-order valence-corrected chi connectivity index (χ1v) is 6.70. The van der Waals surface area contributed by atoms with Crippen LogP contribution in [-0.4, -0.2) is 49.2 Å². The van der Waals surface area contributed by atoms with Crippen molar-refractivity contribution in [3.8, 4) is 0 Å². The first-order chi connectivity index (χ1) is 8.72. The fraction of sp³-hybridized carbons (Fsp3) is 0.846. The standard InChI is InChI=1S/C13H21NO4/c1-17-13(16)9-12(15)14-7-4-5-10(14)11-6-2-3-8-18-11/h10-11H,2-9H2,1H3. The number of carbonyl (C=O) groups is 2. The summed E-state index contributed by atoms with van der Waals surface area (Å²) in [5.41, 5.74) is 0. The molecule has 0 spiro atoms. The highest BCUT2D eigenvalue weighted by Crippen LogP contribution is 2.27. The van der Waals surface area contributed by atoms with Gasteiger partial charge in [0, 0.05) is 13.2 Å². The molecule has 1 amide bonds. The van der Waals surface area contributed by atoms with Gasteiger partial charge in [0.25, 0.3) is 0 Å². The fourth-order valence-corrected chi connectivity index (χ4v) is 2.85. The predicted octanol–water partition coefficient (Wildman–Crippen LogP) is 1.11. The maximum Gasteiger partial charge on any atom is 0.315 e. The Bertz CT molecular complexity index is 312. The predicted molar refractivity (Wildman–Crippen MR) is 65.0 cm³/mol. The van der Waals surface area contributed by atoms with Crippen LogP contribution < -0.4 is 0 Å². The molecule has 2 atom stereocenters. The van der Waals surface area contributed by atoms with E-state index >= 15 is 0 Å². The van der Waals surface area contributed by atoms with Crippen LogP contribution in [0.2, 0.25) is 0 Å². The molecule has 0 aliphatic carbocycles. The molecule has 2 fully saturated rings. The van der Waals surface area contributed by atoms with Crippen molar-refractivity contribution in [2.24, 2.45) is 0 Å². The lowest BCUT2D eigenvalue weighted by atomic mass is 10.00. The van der Waals surface area contributed by atoms with Crippen LogP contribution in [0.3, 0.4) is 0 Å². The Morgan fingerprint density at radius 1 is 1.28 bits per heavy atom. The Labute approximate surface area is 107 Å². The van der Waals surface area contributed by atoms with Crippen LogP contribution in [0.15, 0.2) is 0 Å². The van der Waals surface area contributed by atoms with Gasteiger partial charge in [-0.05, 0) is 32.1 Å². The van der Waals surface area contributed by atoms with E-state index in [0.29, 0.717) is 0 Å². The minimum Gasteiger partial charge on any atom is -0.469 e. The van der Waals surface area contributed by atoms with Gasteiger partial charge in [-0.25, -0.2) is 0 Å². The van der Waals surface area contributed by atoms with E-state index in [2.05, 4.69) is 4.74 Å². The molecule has 0 aromatic carbocycles. The third kappa shape index (κ3) is 3.02. The Morgan fingerprint density at radius 3 is 2.78 bits per heavy atom. The lowest BCUT2D eigenvalue weighted by molar-refractivity contribution is -0.148. The number of ether oxygens (including phenoxy) is 2. The van der Waals surface area contributed by atoms with E-state index in [1.807, 2.05) is 4.90 Å². The number of likely N-dealkylation sites (tertiary alicyclic amines) is 1. The van der Waals surface area contributed by atoms with E-state index in [9.17, 15) is 9.59 Å². The van der Waals surface area contributed by atoms with Crippen molar-refractivity contribution < 1.29 is 19.1 Å². The number of carbonyl (C=O) groups excluding carboxylic acids is 2. The van der Waals surface area contributed by atoms with Gasteiger partial charge in [-0.15, -0.1) is 0 Å². The molecular weight excluding hydrogens is 234 g/mol. The molecule has 0 aromatic heterocycles. The van der Waals surface area contributed by atoms with E-state index in [-0.39, 0.29) is 24.5 Å². The molecular formula is C13H21NO4. The average Bonchev–Trinajstić information content (AvgIpc) is 2.88. The molecule has 18 heavy (non-hydrogen) atoms. The summed E-state index contributed by atoms with van der Waals surface area (Å²) in [5, 5.41) is 0. The normalized spacial score (nSPS) is 28.2. The van der Waals surface area contributed by atoms with Crippen LogP contribution in [0, 0.1) is 0 Å². The number of methoxy groups -OCH3 is 1. The average molecular weight is 255 g/mol. The first kappa shape index (κ1) is 13.3. The summed E-state index contributed by atoms with van der Waals surface area (Å²) in [7, 11) is 1.31. The number of esters is 1. The van der Waals surface area contributed by atoms with Crippen molar-refractivity contribution >= 4 is 11.9 Å². The van der Waals surface area contributed by atoms with Crippen LogP contribution >= 0.6 is 0 Å². The zero-order valence-electron chi connectivity index (χ0n) is 10.9. The molecule has 0 radical (unpaired) electrons. The first-order valence-electron chi connectivity index (χ1n) is 6.70. The van der Waals surface area contributed by atoms with Crippen LogP contribution in [-0.2, 0) is 19.1 Å². The minimum atomic E-state index is -0.463. The van der Waals surface area contributed by atoms with Crippen LogP contribution in [0.4, 0.5) is 0 Å². The number of hydrogen-bond acceptors (Lipinski definition) is 4. The quantitative estimate of drug-likeness (QED) is 0.560. The van der Waals surface area contributed by atoms with E-state index in [0.717, 1.165) is 38.8 Å². The number of nitrogens with zero attached hydrogens (tertiary/aromatic N) is 1. The fourth-order valence-electron chi connectivity index (χ4n) is 2.85. The molecule has 0 saturated carbocycles. The molecule has 0 aromatic rings. The van der Waals surface area contributed by atoms with Crippen molar-refractivity contribution in [2.75, 3.05) is 20.3 Å². The maximum atomic E-state index is 12.0. The Balaban J connectivity index is 1.93. The monoisotopic (exact) mass is 255 g/mol. The summed E-state index contributed by atoms with van der Waals surface area (Å²) in [6.45, 7) is 1.53. The van der Waals surface area contributed by atoms with Gasteiger partial charge in [0.05, 0.1) is 19.3 Å². The van der Waals surface area contributed by atoms with Gasteiger partial charge in [-0.3, -0.25) is 9.59 Å². The van der Waals surface area contributed by atoms with Crippen molar-refractivity contribution in [3.63, 3.8) is 0 Å². The van der Waals surface area contributed by atoms with Gasteiger partial charge in [0.2, 0.25) is 5.91 Å². The van der Waals surface area contributed by atoms with Gasteiger partial charge in [-0.2, -0.15) is 0 Å². The third-order valence-corrected chi connectivity index (χ3v) is 3.79. The summed E-state index contributed by atoms with van der Waals surface area (Å²) in [5.74, 6) is -0.589. The molecule has 102 valence electrons. The molecule has 2 unspecified atom stereocenters. The van der Waals surface area contributed by atoms with Crippen LogP contribution in [0.1, 0.15) is 38.5 Å². The van der Waals surface area contributed by atoms with Gasteiger partial charge in [0.15, 0.2) is 0 Å². The second-order valence-electron chi connectivity index (χ2n) is 4.95. The second-order valence-corrected chi connectivity index (χ2v) is 4.95. The van der Waals surface area contributed by atoms with Crippen molar-refractivity contribution in [1.82, 2.24) is 4.90 Å². The van der Waals surface area contributed by atoms with Gasteiger partial charge in [0.1, 0.15) is 6.42 Å². The minimum absolute atomic E-state index is 0.126. The molecule has 0 bridgehead atoms. The summed E-state index contributed by atoms with van der Waals surface area (Å²) in [6, 6.07) is 0.155. The molecule has 2 aliphatic rings. The highest BCUT2D eigenvalue weighted by Gasteiger charge is 2.36. The molecule has 2 aliphatic heterocycles. The second kappa shape index (κ2) is 6.18. The summed E-state index contributed by atoms with van der Waals surface area (Å²) in [6.07, 6.45) is 5.28. The largest absolute Gasteiger partial charge is 0.469 e. The smallest absolute Gasteiger partial charge is 0.315 e. The summed E-state index contributed by atoms with van der Waals surface area (Å²) >= 11 is 0. The van der Waals surface area contributed by atoms with E-state index in [1.165, 1.54) is 13.5 Å². The van der Waals surface area contributed by atoms with Gasteiger partial charge in [-0.1, -0.05) is 0 Å². The summed E-state index contributed by atoms with van der Waals surface area (Å²) < 4.78 is 10.3. The maximum absolute atomic E-state index is 12.0. The molecule has 2 heterocycles. The number of rotatable bonds is 3.